The summed E-state index contributed by atoms with van der Waals surface area (Å²) in [7, 11) is 0. The van der Waals surface area contributed by atoms with Crippen molar-refractivity contribution in [2.45, 2.75) is 13.0 Å². The molecule has 1 aromatic carbocycles. The van der Waals surface area contributed by atoms with E-state index in [1.165, 1.54) is 23.5 Å². The molecule has 10 heteroatoms. The number of hydrogen-bond donors (Lipinski definition) is 2. The molecule has 1 amide bonds. The molecule has 0 bridgehead atoms. The highest BCUT2D eigenvalue weighted by molar-refractivity contribution is 7.10. The van der Waals surface area contributed by atoms with Gasteiger partial charge < -0.3 is 11.1 Å². The van der Waals surface area contributed by atoms with E-state index in [9.17, 15) is 14.9 Å². The van der Waals surface area contributed by atoms with Crippen LogP contribution in [0.3, 0.4) is 0 Å². The number of carbonyl (C=O) groups excluding carboxylic acids is 1. The summed E-state index contributed by atoms with van der Waals surface area (Å²) in [6.45, 7) is 1.77. The third kappa shape index (κ3) is 2.85. The zero-order valence-electron chi connectivity index (χ0n) is 14.1. The average molecular weight is 382 g/mol. The Morgan fingerprint density at radius 1 is 1.33 bits per heavy atom. The van der Waals surface area contributed by atoms with Crippen molar-refractivity contribution in [1.82, 2.24) is 14.8 Å². The molecule has 0 spiro atoms. The number of nitro benzene ring substituents is 1. The minimum Gasteiger partial charge on any atom is -0.366 e. The standard InChI is InChI=1S/C17H14N6O3S/c1-9-13(15(18)24)14(12-3-2-8-27-12)22-17(19-9)20-16(21-22)10-4-6-11(7-5-10)23(25)26/h2-8,14H,1H3,(H2,18,24)(H,19,20,21). The van der Waals surface area contributed by atoms with Crippen molar-refractivity contribution in [3.05, 3.63) is 68.0 Å². The van der Waals surface area contributed by atoms with E-state index < -0.39 is 16.9 Å². The lowest BCUT2D eigenvalue weighted by Crippen LogP contribution is -2.31. The van der Waals surface area contributed by atoms with E-state index in [0.717, 1.165) is 4.88 Å². The molecule has 1 unspecified atom stereocenters. The van der Waals surface area contributed by atoms with E-state index >= 15 is 0 Å². The number of hydrogen-bond acceptors (Lipinski definition) is 7. The summed E-state index contributed by atoms with van der Waals surface area (Å²) in [4.78, 5) is 27.8. The number of nitrogens with two attached hydrogens (primary N) is 1. The Kier molecular flexibility index (Phi) is 3.96. The first kappa shape index (κ1) is 16.9. The maximum Gasteiger partial charge on any atom is 0.269 e. The van der Waals surface area contributed by atoms with Gasteiger partial charge in [-0.05, 0) is 30.5 Å². The third-order valence-corrected chi connectivity index (χ3v) is 5.19. The summed E-state index contributed by atoms with van der Waals surface area (Å²) in [5, 5.41) is 20.4. The SMILES string of the molecule is CC1=C(C(N)=O)C(c2cccs2)n2nc(-c3ccc([N+](=O)[O-])cc3)nc2N1. The quantitative estimate of drug-likeness (QED) is 0.527. The van der Waals surface area contributed by atoms with Crippen LogP contribution in [0.25, 0.3) is 11.4 Å². The monoisotopic (exact) mass is 382 g/mol. The van der Waals surface area contributed by atoms with Gasteiger partial charge in [0.25, 0.3) is 5.69 Å². The van der Waals surface area contributed by atoms with E-state index in [1.54, 1.807) is 23.7 Å². The van der Waals surface area contributed by atoms with Crippen LogP contribution in [0.5, 0.6) is 0 Å². The largest absolute Gasteiger partial charge is 0.366 e. The van der Waals surface area contributed by atoms with Crippen LogP contribution in [0.15, 0.2) is 53.0 Å². The average Bonchev–Trinajstić information content (AvgIpc) is 3.30. The lowest BCUT2D eigenvalue weighted by Gasteiger charge is -2.26. The Morgan fingerprint density at radius 3 is 2.67 bits per heavy atom. The Hall–Kier alpha value is -3.53. The van der Waals surface area contributed by atoms with Crippen molar-refractivity contribution in [3.63, 3.8) is 0 Å². The predicted octanol–water partition coefficient (Wildman–Crippen LogP) is 2.69. The molecule has 3 heterocycles. The fraction of sp³-hybridized carbons (Fsp3) is 0.118. The van der Waals surface area contributed by atoms with Crippen LogP contribution in [-0.2, 0) is 4.79 Å². The minimum absolute atomic E-state index is 0.00849. The number of fused-ring (bicyclic) bond motifs is 1. The van der Waals surface area contributed by atoms with Gasteiger partial charge in [-0.3, -0.25) is 14.9 Å². The fourth-order valence-corrected chi connectivity index (χ4v) is 3.85. The number of amides is 1. The smallest absolute Gasteiger partial charge is 0.269 e. The molecular weight excluding hydrogens is 368 g/mol. The van der Waals surface area contributed by atoms with E-state index in [0.29, 0.717) is 28.6 Å². The van der Waals surface area contributed by atoms with E-state index in [4.69, 9.17) is 5.73 Å². The van der Waals surface area contributed by atoms with Gasteiger partial charge in [0.2, 0.25) is 11.9 Å². The van der Waals surface area contributed by atoms with Crippen LogP contribution in [0.4, 0.5) is 11.6 Å². The molecule has 27 heavy (non-hydrogen) atoms. The summed E-state index contributed by atoms with van der Waals surface area (Å²) < 4.78 is 1.62. The first-order chi connectivity index (χ1) is 13.0. The van der Waals surface area contributed by atoms with Crippen molar-refractivity contribution in [2.24, 2.45) is 5.73 Å². The van der Waals surface area contributed by atoms with Gasteiger partial charge in [0.1, 0.15) is 6.04 Å². The molecule has 1 aliphatic heterocycles. The topological polar surface area (TPSA) is 129 Å². The summed E-state index contributed by atoms with van der Waals surface area (Å²) in [5.74, 6) is 0.341. The van der Waals surface area contributed by atoms with Crippen molar-refractivity contribution < 1.29 is 9.72 Å². The molecule has 0 saturated carbocycles. The molecule has 1 atom stereocenters. The molecule has 3 N–H and O–H groups in total. The first-order valence-electron chi connectivity index (χ1n) is 7.98. The number of nitrogens with zero attached hydrogens (tertiary/aromatic N) is 4. The maximum absolute atomic E-state index is 12.1. The molecule has 136 valence electrons. The number of carbonyl (C=O) groups is 1. The molecule has 0 fully saturated rings. The molecule has 2 aromatic heterocycles. The van der Waals surface area contributed by atoms with Crippen LogP contribution >= 0.6 is 11.3 Å². The van der Waals surface area contributed by atoms with Crippen LogP contribution in [-0.4, -0.2) is 25.6 Å². The van der Waals surface area contributed by atoms with Crippen LogP contribution in [0.2, 0.25) is 0 Å². The summed E-state index contributed by atoms with van der Waals surface area (Å²) in [6.07, 6.45) is 0. The Bertz CT molecular complexity index is 1070. The van der Waals surface area contributed by atoms with Crippen LogP contribution in [0, 0.1) is 10.1 Å². The van der Waals surface area contributed by atoms with Gasteiger partial charge in [-0.15, -0.1) is 16.4 Å². The number of aromatic nitrogens is 3. The molecular formula is C17H14N6O3S. The van der Waals surface area contributed by atoms with Crippen LogP contribution in [0.1, 0.15) is 17.8 Å². The molecule has 0 radical (unpaired) electrons. The highest BCUT2D eigenvalue weighted by atomic mass is 32.1. The van der Waals surface area contributed by atoms with E-state index in [2.05, 4.69) is 15.4 Å². The molecule has 4 rings (SSSR count). The Morgan fingerprint density at radius 2 is 2.07 bits per heavy atom. The molecule has 3 aromatic rings. The van der Waals surface area contributed by atoms with Gasteiger partial charge in [0, 0.05) is 28.3 Å². The van der Waals surface area contributed by atoms with Gasteiger partial charge in [0.05, 0.1) is 10.5 Å². The van der Waals surface area contributed by atoms with Crippen molar-refractivity contribution in [1.29, 1.82) is 0 Å². The zero-order chi connectivity index (χ0) is 19.1. The second-order valence-electron chi connectivity index (χ2n) is 5.95. The Labute approximate surface area is 157 Å². The van der Waals surface area contributed by atoms with Crippen LogP contribution < -0.4 is 11.1 Å². The van der Waals surface area contributed by atoms with Gasteiger partial charge >= 0.3 is 0 Å². The Balaban J connectivity index is 1.81. The number of nitro groups is 1. The summed E-state index contributed by atoms with van der Waals surface area (Å²) in [6, 6.07) is 9.31. The number of primary amides is 1. The maximum atomic E-state index is 12.1. The number of nitrogens with one attached hydrogen (secondary N) is 1. The fourth-order valence-electron chi connectivity index (χ4n) is 3.03. The van der Waals surface area contributed by atoms with E-state index in [-0.39, 0.29) is 5.69 Å². The molecule has 9 nitrogen and oxygen atoms in total. The summed E-state index contributed by atoms with van der Waals surface area (Å²) in [5.41, 5.74) is 7.28. The zero-order valence-corrected chi connectivity index (χ0v) is 14.9. The van der Waals surface area contributed by atoms with Gasteiger partial charge in [-0.1, -0.05) is 6.07 Å². The second-order valence-corrected chi connectivity index (χ2v) is 6.93. The highest BCUT2D eigenvalue weighted by Gasteiger charge is 2.34. The minimum atomic E-state index is -0.531. The lowest BCUT2D eigenvalue weighted by atomic mass is 10.0. The second kappa shape index (κ2) is 6.32. The van der Waals surface area contributed by atoms with Crippen molar-refractivity contribution in [2.75, 3.05) is 5.32 Å². The van der Waals surface area contributed by atoms with Crippen molar-refractivity contribution >= 4 is 28.9 Å². The highest BCUT2D eigenvalue weighted by Crippen LogP contribution is 2.37. The number of rotatable bonds is 4. The van der Waals surface area contributed by atoms with Crippen molar-refractivity contribution in [3.8, 4) is 11.4 Å². The lowest BCUT2D eigenvalue weighted by molar-refractivity contribution is -0.384. The first-order valence-corrected chi connectivity index (χ1v) is 8.86. The predicted molar refractivity (Wildman–Crippen MR) is 100 cm³/mol. The third-order valence-electron chi connectivity index (χ3n) is 4.27. The molecule has 1 aliphatic rings. The van der Waals surface area contributed by atoms with Gasteiger partial charge in [-0.2, -0.15) is 4.98 Å². The number of anilines is 1. The normalized spacial score (nSPS) is 16.0. The number of allylic oxidation sites excluding steroid dienone is 1. The van der Waals surface area contributed by atoms with Gasteiger partial charge in [-0.25, -0.2) is 4.68 Å². The number of benzene rings is 1. The van der Waals surface area contributed by atoms with Gasteiger partial charge in [0.15, 0.2) is 5.82 Å². The van der Waals surface area contributed by atoms with E-state index in [1.807, 2.05) is 17.5 Å². The molecule has 0 aliphatic carbocycles. The number of thiophene rings is 1. The summed E-state index contributed by atoms with van der Waals surface area (Å²) >= 11 is 1.49. The number of non-ortho nitro benzene ring substituents is 1. The molecule has 0 saturated heterocycles.